The number of alkyl carbamates (subject to hydrolysis) is 1. The van der Waals surface area contributed by atoms with Crippen LogP contribution in [0.2, 0.25) is 0 Å². The molecule has 0 bridgehead atoms. The molecule has 1 unspecified atom stereocenters. The molecule has 0 aromatic heterocycles. The van der Waals surface area contributed by atoms with Crippen molar-refractivity contribution in [2.24, 2.45) is 45.1 Å². The summed E-state index contributed by atoms with van der Waals surface area (Å²) in [6, 6.07) is 16.7. The first-order valence-corrected chi connectivity index (χ1v) is 17.0. The van der Waals surface area contributed by atoms with Gasteiger partial charge in [-0.05, 0) is 96.3 Å². The monoisotopic (exact) mass is 596 g/mol. The van der Waals surface area contributed by atoms with Crippen LogP contribution in [0.4, 0.5) is 4.79 Å². The lowest BCUT2D eigenvalue weighted by Gasteiger charge is -2.63. The van der Waals surface area contributed by atoms with Gasteiger partial charge in [-0.25, -0.2) is 4.79 Å². The molecule has 234 valence electrons. The van der Waals surface area contributed by atoms with E-state index >= 15 is 0 Å². The van der Waals surface area contributed by atoms with Crippen molar-refractivity contribution in [1.82, 2.24) is 5.32 Å². The average molecular weight is 597 g/mol. The van der Waals surface area contributed by atoms with Crippen LogP contribution in [-0.4, -0.2) is 37.3 Å². The SMILES string of the molecule is CC1(C)/C(=N/OCCNC(=O)OCC2c3ccccc3-c3ccccc32)CC[C@@]2(C)C1CC[C@@H]1[C@@H]2CC[C@]2(C)C(=O)CC[C@@H]12. The van der Waals surface area contributed by atoms with E-state index in [0.717, 1.165) is 37.8 Å². The molecular formula is C38H48N2O4. The highest BCUT2D eigenvalue weighted by atomic mass is 16.6. The van der Waals surface area contributed by atoms with Crippen LogP contribution < -0.4 is 5.32 Å². The van der Waals surface area contributed by atoms with Gasteiger partial charge in [0, 0.05) is 23.2 Å². The Kier molecular flexibility index (Phi) is 7.41. The number of hydrogen-bond acceptors (Lipinski definition) is 5. The van der Waals surface area contributed by atoms with E-state index in [9.17, 15) is 9.59 Å². The van der Waals surface area contributed by atoms with Crippen LogP contribution in [0.1, 0.15) is 96.1 Å². The first kappa shape index (κ1) is 29.6. The molecule has 0 spiro atoms. The van der Waals surface area contributed by atoms with Crippen molar-refractivity contribution in [3.8, 4) is 11.1 Å². The van der Waals surface area contributed by atoms with Gasteiger partial charge in [0.1, 0.15) is 19.0 Å². The molecule has 0 heterocycles. The minimum absolute atomic E-state index is 0.0373. The Hall–Kier alpha value is -3.15. The number of Topliss-reactive ketones (excluding diaryl/α,β-unsaturated/α-hetero) is 1. The second-order valence-electron chi connectivity index (χ2n) is 15.3. The molecule has 0 radical (unpaired) electrons. The Morgan fingerprint density at radius 3 is 2.32 bits per heavy atom. The molecule has 5 aliphatic rings. The smallest absolute Gasteiger partial charge is 0.407 e. The van der Waals surface area contributed by atoms with Gasteiger partial charge in [-0.15, -0.1) is 0 Å². The highest BCUT2D eigenvalue weighted by molar-refractivity contribution is 5.90. The zero-order valence-corrected chi connectivity index (χ0v) is 26.9. The number of ether oxygens (including phenoxy) is 1. The maximum absolute atomic E-state index is 12.8. The fourth-order valence-corrected chi connectivity index (χ4v) is 10.8. The molecule has 6 heteroatoms. The van der Waals surface area contributed by atoms with Crippen molar-refractivity contribution in [2.75, 3.05) is 19.8 Å². The first-order chi connectivity index (χ1) is 21.1. The molecule has 44 heavy (non-hydrogen) atoms. The van der Waals surface area contributed by atoms with Crippen LogP contribution in [0.3, 0.4) is 0 Å². The standard InChI is InChI=1S/C38H48N2O4/c1-36(2)32-15-13-28-30-14-16-34(41)38(30,4)19-17-31(28)37(32,3)20-18-33(36)40-44-22-21-39-35(42)43-23-29-26-11-7-5-9-24(26)25-10-6-8-12-27(25)29/h5-12,28-32H,13-23H2,1-4H3,(H,39,42)/b40-33+/t28-,30-,31-,32?,37+,38-/m0/s1. The number of amides is 1. The van der Waals surface area contributed by atoms with Crippen LogP contribution >= 0.6 is 0 Å². The molecule has 4 saturated carbocycles. The molecule has 4 fully saturated rings. The lowest BCUT2D eigenvalue weighted by atomic mass is 9.41. The molecule has 1 N–H and O–H groups in total. The van der Waals surface area contributed by atoms with E-state index in [1.807, 2.05) is 12.1 Å². The molecule has 6 nitrogen and oxygen atoms in total. The van der Waals surface area contributed by atoms with Crippen molar-refractivity contribution < 1.29 is 19.2 Å². The van der Waals surface area contributed by atoms with E-state index in [1.54, 1.807) is 0 Å². The van der Waals surface area contributed by atoms with Gasteiger partial charge >= 0.3 is 6.09 Å². The van der Waals surface area contributed by atoms with Gasteiger partial charge in [0.2, 0.25) is 0 Å². The number of ketones is 1. The summed E-state index contributed by atoms with van der Waals surface area (Å²) in [4.78, 5) is 31.2. The largest absolute Gasteiger partial charge is 0.449 e. The molecule has 2 aromatic carbocycles. The number of nitrogens with zero attached hydrogens (tertiary/aromatic N) is 1. The average Bonchev–Trinajstić information content (AvgIpc) is 3.50. The van der Waals surface area contributed by atoms with Gasteiger partial charge in [0.25, 0.3) is 0 Å². The number of rotatable bonds is 6. The summed E-state index contributed by atoms with van der Waals surface area (Å²) in [7, 11) is 0. The number of benzene rings is 2. The van der Waals surface area contributed by atoms with Crippen molar-refractivity contribution in [2.45, 2.75) is 85.0 Å². The van der Waals surface area contributed by atoms with E-state index in [0.29, 0.717) is 49.2 Å². The maximum Gasteiger partial charge on any atom is 0.407 e. The van der Waals surface area contributed by atoms with Gasteiger partial charge < -0.3 is 14.9 Å². The van der Waals surface area contributed by atoms with E-state index in [4.69, 9.17) is 9.57 Å². The minimum atomic E-state index is -0.429. The Labute approximate surface area is 262 Å². The number of carbonyl (C=O) groups is 2. The third kappa shape index (κ3) is 4.61. The quantitative estimate of drug-likeness (QED) is 0.270. The summed E-state index contributed by atoms with van der Waals surface area (Å²) in [5.74, 6) is 3.11. The van der Waals surface area contributed by atoms with E-state index < -0.39 is 6.09 Å². The van der Waals surface area contributed by atoms with Gasteiger partial charge in [-0.2, -0.15) is 0 Å². The van der Waals surface area contributed by atoms with Crippen LogP contribution in [0, 0.1) is 39.9 Å². The highest BCUT2D eigenvalue weighted by Gasteiger charge is 2.62. The Bertz CT molecular complexity index is 1440. The van der Waals surface area contributed by atoms with Gasteiger partial charge in [0.15, 0.2) is 0 Å². The van der Waals surface area contributed by atoms with Crippen LogP contribution in [0.5, 0.6) is 0 Å². The highest BCUT2D eigenvalue weighted by Crippen LogP contribution is 2.67. The fourth-order valence-electron chi connectivity index (χ4n) is 10.8. The van der Waals surface area contributed by atoms with Gasteiger partial charge in [-0.1, -0.05) is 81.4 Å². The number of hydrogen-bond donors (Lipinski definition) is 1. The van der Waals surface area contributed by atoms with E-state index in [2.05, 4.69) is 74.6 Å². The fraction of sp³-hybridized carbons (Fsp3) is 0.605. The zero-order chi connectivity index (χ0) is 30.7. The van der Waals surface area contributed by atoms with Gasteiger partial charge in [-0.3, -0.25) is 4.79 Å². The summed E-state index contributed by atoms with van der Waals surface area (Å²) < 4.78 is 5.66. The molecule has 6 atom stereocenters. The van der Waals surface area contributed by atoms with E-state index in [-0.39, 0.29) is 22.2 Å². The van der Waals surface area contributed by atoms with E-state index in [1.165, 1.54) is 41.5 Å². The third-order valence-corrected chi connectivity index (χ3v) is 13.1. The predicted octanol–water partition coefficient (Wildman–Crippen LogP) is 8.15. The first-order valence-electron chi connectivity index (χ1n) is 17.0. The van der Waals surface area contributed by atoms with Crippen LogP contribution in [0.25, 0.3) is 11.1 Å². The molecule has 7 rings (SSSR count). The molecule has 1 amide bonds. The zero-order valence-electron chi connectivity index (χ0n) is 26.9. The third-order valence-electron chi connectivity index (χ3n) is 13.1. The Morgan fingerprint density at radius 1 is 0.886 bits per heavy atom. The van der Waals surface area contributed by atoms with Crippen molar-refractivity contribution in [3.05, 3.63) is 59.7 Å². The molecule has 0 aliphatic heterocycles. The van der Waals surface area contributed by atoms with Crippen molar-refractivity contribution in [1.29, 1.82) is 0 Å². The second-order valence-corrected chi connectivity index (χ2v) is 15.3. The lowest BCUT2D eigenvalue weighted by molar-refractivity contribution is -0.141. The minimum Gasteiger partial charge on any atom is -0.449 e. The van der Waals surface area contributed by atoms with Crippen molar-refractivity contribution in [3.63, 3.8) is 0 Å². The second kappa shape index (κ2) is 11.0. The summed E-state index contributed by atoms with van der Waals surface area (Å²) in [6.07, 6.45) is 8.25. The molecule has 5 aliphatic carbocycles. The Balaban J connectivity index is 0.914. The Morgan fingerprint density at radius 2 is 1.59 bits per heavy atom. The number of nitrogens with one attached hydrogen (secondary N) is 1. The van der Waals surface area contributed by atoms with Crippen LogP contribution in [-0.2, 0) is 14.4 Å². The lowest BCUT2D eigenvalue weighted by Crippen LogP contribution is -2.58. The van der Waals surface area contributed by atoms with Crippen LogP contribution in [0.15, 0.2) is 53.7 Å². The van der Waals surface area contributed by atoms with Gasteiger partial charge in [0.05, 0.1) is 12.3 Å². The van der Waals surface area contributed by atoms with Crippen molar-refractivity contribution >= 4 is 17.6 Å². The topological polar surface area (TPSA) is 77.0 Å². The number of fused-ring (bicyclic) bond motifs is 8. The normalized spacial score (nSPS) is 34.4. The summed E-state index contributed by atoms with van der Waals surface area (Å²) >= 11 is 0. The molecule has 0 saturated heterocycles. The number of carbonyl (C=O) groups excluding carboxylic acids is 2. The summed E-state index contributed by atoms with van der Waals surface area (Å²) in [5.41, 5.74) is 6.17. The number of oxime groups is 1. The molecule has 2 aromatic rings. The summed E-state index contributed by atoms with van der Waals surface area (Å²) in [5, 5.41) is 7.51. The predicted molar refractivity (Wildman–Crippen MR) is 172 cm³/mol. The maximum atomic E-state index is 12.8. The molecular weight excluding hydrogens is 548 g/mol. The summed E-state index contributed by atoms with van der Waals surface area (Å²) in [6.45, 7) is 10.5.